The SMILES string of the molecule is COc1ccc2nc(C)n(C)c2c1CNC(=O)c1ccc(C(C)(F)F)cc1. The van der Waals surface area contributed by atoms with Crippen LogP contribution in [-0.2, 0) is 19.5 Å². The molecular weight excluding hydrogens is 352 g/mol. The fourth-order valence-corrected chi connectivity index (χ4v) is 3.03. The van der Waals surface area contributed by atoms with E-state index in [1.165, 1.54) is 24.3 Å². The van der Waals surface area contributed by atoms with Gasteiger partial charge in [-0.2, -0.15) is 0 Å². The van der Waals surface area contributed by atoms with E-state index in [-0.39, 0.29) is 18.0 Å². The Balaban J connectivity index is 1.85. The summed E-state index contributed by atoms with van der Waals surface area (Å²) in [5.74, 6) is -1.79. The van der Waals surface area contributed by atoms with Gasteiger partial charge in [0.25, 0.3) is 11.8 Å². The lowest BCUT2D eigenvalue weighted by atomic mass is 10.1. The molecule has 5 nitrogen and oxygen atoms in total. The molecule has 0 spiro atoms. The van der Waals surface area contributed by atoms with Crippen LogP contribution in [-0.4, -0.2) is 22.6 Å². The van der Waals surface area contributed by atoms with Crippen LogP contribution in [0.2, 0.25) is 0 Å². The predicted molar refractivity (Wildman–Crippen MR) is 99.2 cm³/mol. The van der Waals surface area contributed by atoms with Crippen LogP contribution in [0.1, 0.15) is 34.2 Å². The lowest BCUT2D eigenvalue weighted by molar-refractivity contribution is 0.0174. The number of carbonyl (C=O) groups excluding carboxylic acids is 1. The monoisotopic (exact) mass is 373 g/mol. The van der Waals surface area contributed by atoms with E-state index in [9.17, 15) is 13.6 Å². The first-order valence-electron chi connectivity index (χ1n) is 8.48. The summed E-state index contributed by atoms with van der Waals surface area (Å²) in [6.45, 7) is 2.95. The second-order valence-corrected chi connectivity index (χ2v) is 6.48. The van der Waals surface area contributed by atoms with Gasteiger partial charge in [-0.3, -0.25) is 4.79 Å². The normalized spacial score (nSPS) is 11.6. The van der Waals surface area contributed by atoms with Gasteiger partial charge in [0, 0.05) is 37.2 Å². The molecule has 0 bridgehead atoms. The molecule has 0 radical (unpaired) electrons. The Hall–Kier alpha value is -2.96. The van der Waals surface area contributed by atoms with Crippen LogP contribution < -0.4 is 10.1 Å². The van der Waals surface area contributed by atoms with Crippen LogP contribution in [0.25, 0.3) is 11.0 Å². The van der Waals surface area contributed by atoms with Crippen LogP contribution in [0.15, 0.2) is 36.4 Å². The van der Waals surface area contributed by atoms with Crippen molar-refractivity contribution in [2.75, 3.05) is 7.11 Å². The van der Waals surface area contributed by atoms with Crippen molar-refractivity contribution in [2.24, 2.45) is 7.05 Å². The van der Waals surface area contributed by atoms with E-state index >= 15 is 0 Å². The molecule has 0 atom stereocenters. The smallest absolute Gasteiger partial charge is 0.270 e. The summed E-state index contributed by atoms with van der Waals surface area (Å²) in [6.07, 6.45) is 0. The van der Waals surface area contributed by atoms with Crippen LogP contribution in [0.5, 0.6) is 5.75 Å². The molecule has 0 aliphatic heterocycles. The number of aryl methyl sites for hydroxylation is 2. The van der Waals surface area contributed by atoms with Crippen LogP contribution in [0.4, 0.5) is 8.78 Å². The van der Waals surface area contributed by atoms with Crippen molar-refractivity contribution < 1.29 is 18.3 Å². The Bertz CT molecular complexity index is 989. The number of alkyl halides is 2. The molecule has 3 aromatic rings. The summed E-state index contributed by atoms with van der Waals surface area (Å²) in [5, 5.41) is 2.83. The molecule has 3 rings (SSSR count). The number of hydrogen-bond acceptors (Lipinski definition) is 3. The van der Waals surface area contributed by atoms with Crippen LogP contribution >= 0.6 is 0 Å². The highest BCUT2D eigenvalue weighted by Crippen LogP contribution is 2.29. The van der Waals surface area contributed by atoms with E-state index in [2.05, 4.69) is 10.3 Å². The highest BCUT2D eigenvalue weighted by molar-refractivity contribution is 5.94. The Labute approximate surface area is 156 Å². The highest BCUT2D eigenvalue weighted by Gasteiger charge is 2.24. The number of ether oxygens (including phenoxy) is 1. The minimum Gasteiger partial charge on any atom is -0.496 e. The van der Waals surface area contributed by atoms with Crippen molar-refractivity contribution in [3.05, 3.63) is 58.9 Å². The van der Waals surface area contributed by atoms with Gasteiger partial charge in [-0.1, -0.05) is 12.1 Å². The Morgan fingerprint density at radius 1 is 1.22 bits per heavy atom. The predicted octanol–water partition coefficient (Wildman–Crippen LogP) is 3.93. The van der Waals surface area contributed by atoms with Gasteiger partial charge in [-0.25, -0.2) is 13.8 Å². The third kappa shape index (κ3) is 3.63. The molecule has 2 aromatic carbocycles. The lowest BCUT2D eigenvalue weighted by Crippen LogP contribution is -2.23. The fourth-order valence-electron chi connectivity index (χ4n) is 3.03. The van der Waals surface area contributed by atoms with Gasteiger partial charge in [-0.05, 0) is 31.2 Å². The van der Waals surface area contributed by atoms with Crippen LogP contribution in [0, 0.1) is 6.92 Å². The number of amides is 1. The number of fused-ring (bicyclic) bond motifs is 1. The average Bonchev–Trinajstić information content (AvgIpc) is 2.93. The van der Waals surface area contributed by atoms with E-state index < -0.39 is 5.92 Å². The third-order valence-corrected chi connectivity index (χ3v) is 4.62. The highest BCUT2D eigenvalue weighted by atomic mass is 19.3. The van der Waals surface area contributed by atoms with E-state index in [1.54, 1.807) is 7.11 Å². The summed E-state index contributed by atoms with van der Waals surface area (Å²) in [7, 11) is 3.47. The number of methoxy groups -OCH3 is 1. The van der Waals surface area contributed by atoms with Crippen molar-refractivity contribution in [2.45, 2.75) is 26.3 Å². The molecule has 0 aliphatic rings. The number of carbonyl (C=O) groups is 1. The second-order valence-electron chi connectivity index (χ2n) is 6.48. The van der Waals surface area contributed by atoms with Crippen molar-refractivity contribution in [1.29, 1.82) is 0 Å². The minimum atomic E-state index is -2.94. The number of nitrogens with one attached hydrogen (secondary N) is 1. The molecular formula is C20H21F2N3O2. The Morgan fingerprint density at radius 3 is 2.48 bits per heavy atom. The molecule has 0 saturated carbocycles. The summed E-state index contributed by atoms with van der Waals surface area (Å²) in [6, 6.07) is 9.01. The number of benzene rings is 2. The van der Waals surface area contributed by atoms with Gasteiger partial charge in [0.15, 0.2) is 0 Å². The molecule has 1 amide bonds. The molecule has 0 fully saturated rings. The van der Waals surface area contributed by atoms with Gasteiger partial charge in [0.2, 0.25) is 0 Å². The zero-order valence-corrected chi connectivity index (χ0v) is 15.6. The van der Waals surface area contributed by atoms with Crippen molar-refractivity contribution in [1.82, 2.24) is 14.9 Å². The fraction of sp³-hybridized carbons (Fsp3) is 0.300. The lowest BCUT2D eigenvalue weighted by Gasteiger charge is -2.13. The first-order chi connectivity index (χ1) is 12.7. The van der Waals surface area contributed by atoms with Gasteiger partial charge in [0.05, 0.1) is 18.1 Å². The summed E-state index contributed by atoms with van der Waals surface area (Å²) in [4.78, 5) is 16.9. The number of aromatic nitrogens is 2. The topological polar surface area (TPSA) is 56.1 Å². The minimum absolute atomic E-state index is 0.129. The zero-order chi connectivity index (χ0) is 19.8. The van der Waals surface area contributed by atoms with Gasteiger partial charge in [-0.15, -0.1) is 0 Å². The van der Waals surface area contributed by atoms with E-state index in [0.29, 0.717) is 11.3 Å². The molecule has 0 saturated heterocycles. The first-order valence-corrected chi connectivity index (χ1v) is 8.48. The molecule has 1 N–H and O–H groups in total. The first kappa shape index (κ1) is 18.8. The maximum Gasteiger partial charge on any atom is 0.270 e. The summed E-state index contributed by atoms with van der Waals surface area (Å²) >= 11 is 0. The van der Waals surface area contributed by atoms with Gasteiger partial charge < -0.3 is 14.6 Å². The zero-order valence-electron chi connectivity index (χ0n) is 15.6. The number of halogens is 2. The molecule has 142 valence electrons. The van der Waals surface area contributed by atoms with E-state index in [4.69, 9.17) is 4.74 Å². The van der Waals surface area contributed by atoms with Gasteiger partial charge in [0.1, 0.15) is 11.6 Å². The maximum absolute atomic E-state index is 13.3. The largest absolute Gasteiger partial charge is 0.496 e. The van der Waals surface area contributed by atoms with Crippen molar-refractivity contribution >= 4 is 16.9 Å². The quantitative estimate of drug-likeness (QED) is 0.737. The molecule has 0 aliphatic carbocycles. The molecule has 27 heavy (non-hydrogen) atoms. The number of imidazole rings is 1. The summed E-state index contributed by atoms with van der Waals surface area (Å²) < 4.78 is 34.0. The standard InChI is InChI=1S/C20H21F2N3O2/c1-12-24-16-9-10-17(27-4)15(18(16)25(12)3)11-23-19(26)13-5-7-14(8-6-13)20(2,21)22/h5-10H,11H2,1-4H3,(H,23,26). The van der Waals surface area contributed by atoms with E-state index in [1.807, 2.05) is 30.7 Å². The summed E-state index contributed by atoms with van der Waals surface area (Å²) in [5.41, 5.74) is 2.69. The number of nitrogens with zero attached hydrogens (tertiary/aromatic N) is 2. The maximum atomic E-state index is 13.3. The van der Waals surface area contributed by atoms with E-state index in [0.717, 1.165) is 29.3 Å². The second kappa shape index (κ2) is 6.98. The van der Waals surface area contributed by atoms with Gasteiger partial charge >= 0.3 is 0 Å². The number of hydrogen-bond donors (Lipinski definition) is 1. The van der Waals surface area contributed by atoms with Crippen molar-refractivity contribution in [3.63, 3.8) is 0 Å². The Kier molecular flexibility index (Phi) is 4.87. The molecule has 7 heteroatoms. The molecule has 1 heterocycles. The molecule has 0 unspecified atom stereocenters. The third-order valence-electron chi connectivity index (χ3n) is 4.62. The average molecular weight is 373 g/mol. The molecule has 1 aromatic heterocycles. The van der Waals surface area contributed by atoms with Crippen LogP contribution in [0.3, 0.4) is 0 Å². The van der Waals surface area contributed by atoms with Crippen molar-refractivity contribution in [3.8, 4) is 5.75 Å². The number of rotatable bonds is 5. The Morgan fingerprint density at radius 2 is 1.89 bits per heavy atom.